The van der Waals surface area contributed by atoms with Gasteiger partial charge in [0.2, 0.25) is 0 Å². The largest absolute Gasteiger partial charge is 0.493 e. The zero-order valence-corrected chi connectivity index (χ0v) is 13.2. The molecule has 1 N–H and O–H groups in total. The Morgan fingerprint density at radius 2 is 2.04 bits per heavy atom. The average molecular weight is 313 g/mol. The smallest absolute Gasteiger partial charge is 0.338 e. The SMILES string of the molecule is CCOc1ccc(CNc2ccc3c(c2)C(=O)OC3)cc1OC. The van der Waals surface area contributed by atoms with E-state index in [9.17, 15) is 4.79 Å². The number of fused-ring (bicyclic) bond motifs is 1. The lowest BCUT2D eigenvalue weighted by molar-refractivity contribution is 0.0535. The van der Waals surface area contributed by atoms with Gasteiger partial charge >= 0.3 is 5.97 Å². The maximum Gasteiger partial charge on any atom is 0.338 e. The van der Waals surface area contributed by atoms with Gasteiger partial charge in [-0.15, -0.1) is 0 Å². The summed E-state index contributed by atoms with van der Waals surface area (Å²) in [6, 6.07) is 11.5. The third-order valence-corrected chi connectivity index (χ3v) is 3.71. The number of hydrogen-bond donors (Lipinski definition) is 1. The molecule has 1 heterocycles. The van der Waals surface area contributed by atoms with Crippen molar-refractivity contribution in [3.8, 4) is 11.5 Å². The van der Waals surface area contributed by atoms with Gasteiger partial charge in [0, 0.05) is 17.8 Å². The summed E-state index contributed by atoms with van der Waals surface area (Å²) in [7, 11) is 1.63. The number of rotatable bonds is 6. The van der Waals surface area contributed by atoms with Gasteiger partial charge in [0.25, 0.3) is 0 Å². The fourth-order valence-electron chi connectivity index (χ4n) is 2.52. The third kappa shape index (κ3) is 3.23. The molecule has 3 rings (SSSR count). The molecule has 23 heavy (non-hydrogen) atoms. The second-order valence-corrected chi connectivity index (χ2v) is 5.22. The normalized spacial score (nSPS) is 12.5. The summed E-state index contributed by atoms with van der Waals surface area (Å²) in [5.41, 5.74) is 3.52. The zero-order chi connectivity index (χ0) is 16.2. The summed E-state index contributed by atoms with van der Waals surface area (Å²) < 4.78 is 15.9. The number of benzene rings is 2. The molecule has 0 fully saturated rings. The quantitative estimate of drug-likeness (QED) is 0.829. The molecule has 0 saturated carbocycles. The van der Waals surface area contributed by atoms with E-state index in [1.165, 1.54) is 0 Å². The molecule has 0 aliphatic carbocycles. The van der Waals surface area contributed by atoms with Crippen molar-refractivity contribution in [2.45, 2.75) is 20.1 Å². The fourth-order valence-corrected chi connectivity index (χ4v) is 2.52. The molecule has 5 heteroatoms. The van der Waals surface area contributed by atoms with Crippen LogP contribution in [0.5, 0.6) is 11.5 Å². The number of ether oxygens (including phenoxy) is 3. The molecule has 2 aromatic rings. The number of anilines is 1. The number of methoxy groups -OCH3 is 1. The maximum atomic E-state index is 11.6. The van der Waals surface area contributed by atoms with E-state index in [-0.39, 0.29) is 5.97 Å². The van der Waals surface area contributed by atoms with Gasteiger partial charge in [0.15, 0.2) is 11.5 Å². The van der Waals surface area contributed by atoms with Gasteiger partial charge in [-0.1, -0.05) is 12.1 Å². The lowest BCUT2D eigenvalue weighted by atomic mass is 10.1. The van der Waals surface area contributed by atoms with Gasteiger partial charge in [-0.2, -0.15) is 0 Å². The summed E-state index contributed by atoms with van der Waals surface area (Å²) in [5.74, 6) is 1.19. The van der Waals surface area contributed by atoms with E-state index in [1.807, 2.05) is 43.3 Å². The van der Waals surface area contributed by atoms with Crippen LogP contribution in [0.25, 0.3) is 0 Å². The predicted octanol–water partition coefficient (Wildman–Crippen LogP) is 3.38. The molecular weight excluding hydrogens is 294 g/mol. The Morgan fingerprint density at radius 1 is 1.17 bits per heavy atom. The molecule has 2 aromatic carbocycles. The maximum absolute atomic E-state index is 11.6. The molecule has 5 nitrogen and oxygen atoms in total. The van der Waals surface area contributed by atoms with Gasteiger partial charge in [-0.25, -0.2) is 4.79 Å². The first kappa shape index (κ1) is 15.2. The van der Waals surface area contributed by atoms with Crippen molar-refractivity contribution in [2.75, 3.05) is 19.0 Å². The molecular formula is C18H19NO4. The first-order chi connectivity index (χ1) is 11.2. The van der Waals surface area contributed by atoms with Crippen LogP contribution in [0.2, 0.25) is 0 Å². The van der Waals surface area contributed by atoms with Crippen LogP contribution in [0.1, 0.15) is 28.4 Å². The fraction of sp³-hybridized carbons (Fsp3) is 0.278. The van der Waals surface area contributed by atoms with Gasteiger partial charge in [-0.05, 0) is 36.8 Å². The Labute approximate surface area is 135 Å². The minimum atomic E-state index is -0.258. The molecule has 0 unspecified atom stereocenters. The molecule has 1 aliphatic rings. The number of carbonyl (C=O) groups is 1. The second-order valence-electron chi connectivity index (χ2n) is 5.22. The summed E-state index contributed by atoms with van der Waals surface area (Å²) in [6.45, 7) is 3.52. The minimum absolute atomic E-state index is 0.258. The molecule has 0 aromatic heterocycles. The van der Waals surface area contributed by atoms with Gasteiger partial charge in [-0.3, -0.25) is 0 Å². The van der Waals surface area contributed by atoms with E-state index < -0.39 is 0 Å². The summed E-state index contributed by atoms with van der Waals surface area (Å²) in [5, 5.41) is 3.31. The van der Waals surface area contributed by atoms with Crippen LogP contribution in [0.15, 0.2) is 36.4 Å². The predicted molar refractivity (Wildman–Crippen MR) is 87.1 cm³/mol. The third-order valence-electron chi connectivity index (χ3n) is 3.71. The lowest BCUT2D eigenvalue weighted by Crippen LogP contribution is -2.02. The Balaban J connectivity index is 1.71. The van der Waals surface area contributed by atoms with E-state index in [2.05, 4.69) is 5.32 Å². The Kier molecular flexibility index (Phi) is 4.37. The van der Waals surface area contributed by atoms with Gasteiger partial charge in [0.05, 0.1) is 19.3 Å². The van der Waals surface area contributed by atoms with Crippen LogP contribution in [-0.2, 0) is 17.9 Å². The standard InChI is InChI=1S/C18H19NO4/c1-3-22-16-7-4-12(8-17(16)21-2)10-19-14-6-5-13-11-23-18(20)15(13)9-14/h4-9,19H,3,10-11H2,1-2H3. The van der Waals surface area contributed by atoms with Crippen LogP contribution < -0.4 is 14.8 Å². The highest BCUT2D eigenvalue weighted by Crippen LogP contribution is 2.29. The van der Waals surface area contributed by atoms with E-state index in [0.717, 1.165) is 22.6 Å². The molecule has 0 spiro atoms. The number of hydrogen-bond acceptors (Lipinski definition) is 5. The van der Waals surface area contributed by atoms with Crippen LogP contribution in [-0.4, -0.2) is 19.7 Å². The molecule has 0 amide bonds. The molecule has 120 valence electrons. The van der Waals surface area contributed by atoms with Crippen LogP contribution in [0, 0.1) is 0 Å². The first-order valence-corrected chi connectivity index (χ1v) is 7.55. The summed E-state index contributed by atoms with van der Waals surface area (Å²) >= 11 is 0. The van der Waals surface area contributed by atoms with Crippen molar-refractivity contribution in [2.24, 2.45) is 0 Å². The van der Waals surface area contributed by atoms with Crippen molar-refractivity contribution in [1.29, 1.82) is 0 Å². The summed E-state index contributed by atoms with van der Waals surface area (Å²) in [6.07, 6.45) is 0. The molecule has 0 atom stereocenters. The van der Waals surface area contributed by atoms with Crippen molar-refractivity contribution in [1.82, 2.24) is 0 Å². The second kappa shape index (κ2) is 6.60. The highest BCUT2D eigenvalue weighted by molar-refractivity contribution is 5.94. The van der Waals surface area contributed by atoms with Crippen LogP contribution in [0.4, 0.5) is 5.69 Å². The number of cyclic esters (lactones) is 1. The number of nitrogens with one attached hydrogen (secondary N) is 1. The Hall–Kier alpha value is -2.69. The van der Waals surface area contributed by atoms with Crippen molar-refractivity contribution in [3.63, 3.8) is 0 Å². The van der Waals surface area contributed by atoms with Crippen LogP contribution in [0.3, 0.4) is 0 Å². The van der Waals surface area contributed by atoms with Crippen molar-refractivity contribution in [3.05, 3.63) is 53.1 Å². The highest BCUT2D eigenvalue weighted by Gasteiger charge is 2.20. The molecule has 0 bridgehead atoms. The van der Waals surface area contributed by atoms with Crippen molar-refractivity contribution < 1.29 is 19.0 Å². The Morgan fingerprint density at radius 3 is 2.83 bits per heavy atom. The number of esters is 1. The van der Waals surface area contributed by atoms with E-state index in [1.54, 1.807) is 7.11 Å². The van der Waals surface area contributed by atoms with Gasteiger partial charge < -0.3 is 19.5 Å². The van der Waals surface area contributed by atoms with Gasteiger partial charge in [0.1, 0.15) is 6.61 Å². The monoisotopic (exact) mass is 313 g/mol. The van der Waals surface area contributed by atoms with Crippen molar-refractivity contribution >= 4 is 11.7 Å². The summed E-state index contributed by atoms with van der Waals surface area (Å²) in [4.78, 5) is 11.6. The zero-order valence-electron chi connectivity index (χ0n) is 13.2. The molecule has 0 saturated heterocycles. The topological polar surface area (TPSA) is 56.8 Å². The Bertz CT molecular complexity index is 727. The minimum Gasteiger partial charge on any atom is -0.493 e. The molecule has 0 radical (unpaired) electrons. The van der Waals surface area contributed by atoms with E-state index >= 15 is 0 Å². The van der Waals surface area contributed by atoms with Crippen LogP contribution >= 0.6 is 0 Å². The van der Waals surface area contributed by atoms with E-state index in [0.29, 0.717) is 31.1 Å². The van der Waals surface area contributed by atoms with E-state index in [4.69, 9.17) is 14.2 Å². The molecule has 1 aliphatic heterocycles. The average Bonchev–Trinajstić information content (AvgIpc) is 2.95. The highest BCUT2D eigenvalue weighted by atomic mass is 16.5. The first-order valence-electron chi connectivity index (χ1n) is 7.55. The number of carbonyl (C=O) groups excluding carboxylic acids is 1. The lowest BCUT2D eigenvalue weighted by Gasteiger charge is -2.12.